The summed E-state index contributed by atoms with van der Waals surface area (Å²) in [4.78, 5) is 30.3. The molecule has 3 heterocycles. The summed E-state index contributed by atoms with van der Waals surface area (Å²) in [6, 6.07) is 22.9. The molecule has 220 valence electrons. The van der Waals surface area contributed by atoms with Crippen molar-refractivity contribution in [1.29, 1.82) is 0 Å². The summed E-state index contributed by atoms with van der Waals surface area (Å²) in [5.74, 6) is 0.875. The molecule has 1 amide bonds. The normalized spacial score (nSPS) is 15.0. The number of ether oxygens (including phenoxy) is 1. The van der Waals surface area contributed by atoms with Gasteiger partial charge in [-0.3, -0.25) is 9.69 Å². The number of pyridine rings is 1. The molecular weight excluding hydrogens is 540 g/mol. The van der Waals surface area contributed by atoms with Crippen LogP contribution in [0.1, 0.15) is 22.8 Å². The molecule has 1 fully saturated rings. The Balaban J connectivity index is 1.15. The fraction of sp³-hybridized carbons (Fsp3) is 0.265. The third kappa shape index (κ3) is 6.23. The monoisotopic (exact) mass is 576 g/mol. The number of aromatic hydroxyl groups is 1. The Bertz CT molecular complexity index is 1740. The summed E-state index contributed by atoms with van der Waals surface area (Å²) in [6.45, 7) is 6.70. The van der Waals surface area contributed by atoms with Gasteiger partial charge in [0.1, 0.15) is 11.6 Å². The van der Waals surface area contributed by atoms with E-state index in [0.29, 0.717) is 39.9 Å². The maximum atomic E-state index is 13.1. The number of amides is 1. The standard InChI is InChI=1S/C34H36N6O3/c1-22(40-17-15-39(2)16-18-40)19-23-6-10-26(11-7-23)36-33(42)25-8-12-29-30(21-25)38-32(37-29)28-20-24(9-13-31(28)41)27-5-4-14-35-34(27)43-3/h4-14,20-22,41H,15-19H2,1-3H3,(H,36,42)(H,37,38). The number of nitrogens with one attached hydrogen (secondary N) is 2. The van der Waals surface area contributed by atoms with E-state index in [1.807, 2.05) is 36.4 Å². The minimum atomic E-state index is -0.204. The number of fused-ring (bicyclic) bond motifs is 1. The first-order valence-corrected chi connectivity index (χ1v) is 14.5. The molecule has 0 radical (unpaired) electrons. The maximum Gasteiger partial charge on any atom is 0.255 e. The van der Waals surface area contributed by atoms with E-state index >= 15 is 0 Å². The Morgan fingerprint density at radius 3 is 2.58 bits per heavy atom. The molecule has 3 aromatic carbocycles. The van der Waals surface area contributed by atoms with Crippen molar-refractivity contribution >= 4 is 22.6 Å². The van der Waals surface area contributed by atoms with Crippen LogP contribution in [0.2, 0.25) is 0 Å². The van der Waals surface area contributed by atoms with Crippen molar-refractivity contribution in [1.82, 2.24) is 24.8 Å². The Labute approximate surface area is 251 Å². The number of hydrogen-bond donors (Lipinski definition) is 3. The van der Waals surface area contributed by atoms with Gasteiger partial charge in [0, 0.05) is 55.2 Å². The zero-order valence-electron chi connectivity index (χ0n) is 24.7. The number of phenolic OH excluding ortho intramolecular Hbond substituents is 1. The minimum absolute atomic E-state index is 0.0880. The Kier molecular flexibility index (Phi) is 8.09. The zero-order valence-corrected chi connectivity index (χ0v) is 24.7. The molecule has 2 aromatic heterocycles. The summed E-state index contributed by atoms with van der Waals surface area (Å²) in [7, 11) is 3.75. The molecule has 6 rings (SSSR count). The fourth-order valence-corrected chi connectivity index (χ4v) is 5.61. The zero-order chi connectivity index (χ0) is 29.9. The highest BCUT2D eigenvalue weighted by molar-refractivity contribution is 6.06. The lowest BCUT2D eigenvalue weighted by Crippen LogP contribution is -2.48. The van der Waals surface area contributed by atoms with Crippen molar-refractivity contribution in [3.63, 3.8) is 0 Å². The van der Waals surface area contributed by atoms with Crippen LogP contribution in [0, 0.1) is 0 Å². The van der Waals surface area contributed by atoms with E-state index in [4.69, 9.17) is 4.74 Å². The van der Waals surface area contributed by atoms with Gasteiger partial charge in [0.2, 0.25) is 5.88 Å². The first kappa shape index (κ1) is 28.4. The number of nitrogens with zero attached hydrogens (tertiary/aromatic N) is 4. The number of piperazine rings is 1. The number of rotatable bonds is 8. The number of likely N-dealkylation sites (N-methyl/N-ethyl adjacent to an activating group) is 1. The Hall–Kier alpha value is -4.73. The molecule has 9 heteroatoms. The average molecular weight is 577 g/mol. The SMILES string of the molecule is COc1ncccc1-c1ccc(O)c(-c2nc3ccc(C(=O)Nc4ccc(CC(C)N5CCN(C)CC5)cc4)cc3[nH]2)c1. The first-order chi connectivity index (χ1) is 20.9. The largest absolute Gasteiger partial charge is 0.507 e. The van der Waals surface area contributed by atoms with Crippen LogP contribution in [-0.2, 0) is 6.42 Å². The summed E-state index contributed by atoms with van der Waals surface area (Å²) < 4.78 is 5.41. The van der Waals surface area contributed by atoms with E-state index in [-0.39, 0.29) is 11.7 Å². The number of H-pyrrole nitrogens is 1. The predicted molar refractivity (Wildman–Crippen MR) is 170 cm³/mol. The van der Waals surface area contributed by atoms with E-state index in [0.717, 1.165) is 49.4 Å². The van der Waals surface area contributed by atoms with Crippen molar-refractivity contribution < 1.29 is 14.6 Å². The highest BCUT2D eigenvalue weighted by Crippen LogP contribution is 2.35. The summed E-state index contributed by atoms with van der Waals surface area (Å²) in [6.07, 6.45) is 2.65. The molecule has 1 aliphatic heterocycles. The number of aromatic amines is 1. The van der Waals surface area contributed by atoms with Crippen molar-refractivity contribution in [2.24, 2.45) is 0 Å². The molecule has 43 heavy (non-hydrogen) atoms. The summed E-state index contributed by atoms with van der Waals surface area (Å²) >= 11 is 0. The van der Waals surface area contributed by atoms with Crippen molar-refractivity contribution in [3.05, 3.63) is 90.1 Å². The second kappa shape index (κ2) is 12.2. The topological polar surface area (TPSA) is 107 Å². The predicted octanol–water partition coefficient (Wildman–Crippen LogP) is 5.44. The molecule has 0 bridgehead atoms. The van der Waals surface area contributed by atoms with Crippen molar-refractivity contribution in [2.75, 3.05) is 45.7 Å². The van der Waals surface area contributed by atoms with E-state index < -0.39 is 0 Å². The molecule has 0 spiro atoms. The van der Waals surface area contributed by atoms with Crippen LogP contribution in [0.15, 0.2) is 79.0 Å². The average Bonchev–Trinajstić information content (AvgIpc) is 3.46. The number of imidazole rings is 1. The lowest BCUT2D eigenvalue weighted by Gasteiger charge is -2.36. The number of hydrogen-bond acceptors (Lipinski definition) is 7. The van der Waals surface area contributed by atoms with Gasteiger partial charge in [-0.1, -0.05) is 18.2 Å². The van der Waals surface area contributed by atoms with Crippen LogP contribution in [0.5, 0.6) is 11.6 Å². The molecule has 1 aliphatic rings. The molecule has 1 unspecified atom stereocenters. The van der Waals surface area contributed by atoms with E-state index in [1.54, 1.807) is 37.6 Å². The first-order valence-electron chi connectivity index (χ1n) is 14.5. The Morgan fingerprint density at radius 1 is 1.02 bits per heavy atom. The van der Waals surface area contributed by atoms with E-state index in [9.17, 15) is 9.90 Å². The van der Waals surface area contributed by atoms with Crippen LogP contribution in [0.25, 0.3) is 33.5 Å². The van der Waals surface area contributed by atoms with Crippen LogP contribution in [0.4, 0.5) is 5.69 Å². The van der Waals surface area contributed by atoms with Gasteiger partial charge in [0.25, 0.3) is 5.91 Å². The molecule has 1 atom stereocenters. The number of benzene rings is 3. The third-order valence-corrected chi connectivity index (χ3v) is 8.18. The fourth-order valence-electron chi connectivity index (χ4n) is 5.61. The smallest absolute Gasteiger partial charge is 0.255 e. The molecule has 0 saturated carbocycles. The van der Waals surface area contributed by atoms with Crippen molar-refractivity contribution in [3.8, 4) is 34.1 Å². The number of anilines is 1. The van der Waals surface area contributed by atoms with Gasteiger partial charge >= 0.3 is 0 Å². The second-order valence-electron chi connectivity index (χ2n) is 11.2. The van der Waals surface area contributed by atoms with Gasteiger partial charge in [-0.15, -0.1) is 0 Å². The molecule has 1 saturated heterocycles. The number of carbonyl (C=O) groups excluding carboxylic acids is 1. The van der Waals surface area contributed by atoms with Gasteiger partial charge < -0.3 is 25.0 Å². The lowest BCUT2D eigenvalue weighted by atomic mass is 10.0. The number of aromatic nitrogens is 3. The van der Waals surface area contributed by atoms with Crippen LogP contribution in [0.3, 0.4) is 0 Å². The molecule has 9 nitrogen and oxygen atoms in total. The van der Waals surface area contributed by atoms with Crippen LogP contribution in [-0.4, -0.2) is 82.1 Å². The highest BCUT2D eigenvalue weighted by atomic mass is 16.5. The summed E-state index contributed by atoms with van der Waals surface area (Å²) in [5, 5.41) is 13.7. The molecular formula is C34H36N6O3. The summed E-state index contributed by atoms with van der Waals surface area (Å²) in [5.41, 5.74) is 6.07. The highest BCUT2D eigenvalue weighted by Gasteiger charge is 2.19. The van der Waals surface area contributed by atoms with Gasteiger partial charge in [0.05, 0.1) is 23.7 Å². The van der Waals surface area contributed by atoms with Gasteiger partial charge in [-0.05, 0) is 86.1 Å². The lowest BCUT2D eigenvalue weighted by molar-refractivity contribution is 0.102. The third-order valence-electron chi connectivity index (χ3n) is 8.18. The molecule has 3 N–H and O–H groups in total. The van der Waals surface area contributed by atoms with E-state index in [1.165, 1.54) is 5.56 Å². The maximum absolute atomic E-state index is 13.1. The van der Waals surface area contributed by atoms with Gasteiger partial charge in [-0.25, -0.2) is 9.97 Å². The number of phenols is 1. The quantitative estimate of drug-likeness (QED) is 0.226. The van der Waals surface area contributed by atoms with Crippen molar-refractivity contribution in [2.45, 2.75) is 19.4 Å². The molecule has 0 aliphatic carbocycles. The van der Waals surface area contributed by atoms with E-state index in [2.05, 4.69) is 56.2 Å². The van der Waals surface area contributed by atoms with Crippen LogP contribution < -0.4 is 10.1 Å². The van der Waals surface area contributed by atoms with Gasteiger partial charge in [-0.2, -0.15) is 0 Å². The minimum Gasteiger partial charge on any atom is -0.507 e. The molecule has 5 aromatic rings. The van der Waals surface area contributed by atoms with Crippen LogP contribution >= 0.6 is 0 Å². The Morgan fingerprint density at radius 2 is 1.81 bits per heavy atom. The second-order valence-corrected chi connectivity index (χ2v) is 11.2. The van der Waals surface area contributed by atoms with Gasteiger partial charge in [0.15, 0.2) is 0 Å². The number of methoxy groups -OCH3 is 1. The number of carbonyl (C=O) groups is 1.